The third-order valence-electron chi connectivity index (χ3n) is 7.72. The van der Waals surface area contributed by atoms with Gasteiger partial charge in [0.15, 0.2) is 0 Å². The second kappa shape index (κ2) is 12.6. The van der Waals surface area contributed by atoms with Crippen LogP contribution in [-0.2, 0) is 26.1 Å². The van der Waals surface area contributed by atoms with Crippen molar-refractivity contribution < 1.29 is 17.9 Å². The topological polar surface area (TPSA) is 92.8 Å². The lowest BCUT2D eigenvalue weighted by molar-refractivity contribution is 0.0842. The van der Waals surface area contributed by atoms with Crippen LogP contribution in [-0.4, -0.2) is 65.7 Å². The van der Waals surface area contributed by atoms with Gasteiger partial charge in [-0.1, -0.05) is 37.3 Å². The number of hydrogen-bond acceptors (Lipinski definition) is 7. The highest BCUT2D eigenvalue weighted by molar-refractivity contribution is 7.92. The number of sulfonamides is 1. The van der Waals surface area contributed by atoms with Crippen molar-refractivity contribution in [2.24, 2.45) is 11.8 Å². The molecule has 9 heteroatoms. The van der Waals surface area contributed by atoms with E-state index in [-0.39, 0.29) is 12.1 Å². The molecule has 2 heterocycles. The molecule has 3 unspecified atom stereocenters. The van der Waals surface area contributed by atoms with E-state index in [1.54, 1.807) is 13.2 Å². The molecule has 0 spiro atoms. The number of ether oxygens (including phenoxy) is 2. The van der Waals surface area contributed by atoms with Crippen LogP contribution in [0.15, 0.2) is 42.5 Å². The lowest BCUT2D eigenvalue weighted by Gasteiger charge is -2.33. The molecule has 1 aliphatic heterocycles. The second-order valence-electron chi connectivity index (χ2n) is 10.6. The standard InChI is InChI=1S/C28H42N4O4S/c1-20-15-24(20)25(12-14-35-3)30-27-16-21(17-28(31-27)32(2)37(4,33)34)18-36-19-26-23(11-8-13-29-26)22-9-6-5-7-10-22/h5-7,9-10,16-17,20,23-26,29H,8,11-15,18-19H2,1-4H3,(H,30,31)/t20-,23?,24-,25?,26?/m0/s1. The van der Waals surface area contributed by atoms with Gasteiger partial charge in [-0.05, 0) is 67.3 Å². The molecular formula is C28H42N4O4S. The van der Waals surface area contributed by atoms with Crippen LogP contribution in [0.25, 0.3) is 0 Å². The van der Waals surface area contributed by atoms with Gasteiger partial charge in [-0.3, -0.25) is 4.31 Å². The first-order valence-corrected chi connectivity index (χ1v) is 15.2. The SMILES string of the molecule is COCCC(Nc1cc(COCC2NCCCC2c2ccccc2)cc(N(C)S(C)(=O)=O)n1)[C@H]1C[C@@H]1C. The predicted molar refractivity (Wildman–Crippen MR) is 149 cm³/mol. The van der Waals surface area contributed by atoms with Crippen molar-refractivity contribution >= 4 is 21.7 Å². The van der Waals surface area contributed by atoms with E-state index in [2.05, 4.69) is 52.9 Å². The van der Waals surface area contributed by atoms with Crippen molar-refractivity contribution in [1.82, 2.24) is 10.3 Å². The highest BCUT2D eigenvalue weighted by Crippen LogP contribution is 2.42. The molecule has 8 nitrogen and oxygen atoms in total. The third-order valence-corrected chi connectivity index (χ3v) is 8.91. The van der Waals surface area contributed by atoms with E-state index < -0.39 is 10.0 Å². The maximum absolute atomic E-state index is 12.3. The fourth-order valence-corrected chi connectivity index (χ4v) is 5.76. The summed E-state index contributed by atoms with van der Waals surface area (Å²) in [5.74, 6) is 2.71. The Morgan fingerprint density at radius 2 is 2.00 bits per heavy atom. The molecule has 1 saturated heterocycles. The minimum atomic E-state index is -3.45. The number of nitrogens with zero attached hydrogens (tertiary/aromatic N) is 2. The van der Waals surface area contributed by atoms with E-state index >= 15 is 0 Å². The zero-order chi connectivity index (χ0) is 26.4. The van der Waals surface area contributed by atoms with Crippen LogP contribution in [0.5, 0.6) is 0 Å². The summed E-state index contributed by atoms with van der Waals surface area (Å²) in [6.07, 6.45) is 5.54. The molecule has 0 bridgehead atoms. The van der Waals surface area contributed by atoms with Crippen molar-refractivity contribution in [3.05, 3.63) is 53.6 Å². The first-order valence-electron chi connectivity index (χ1n) is 13.3. The van der Waals surface area contributed by atoms with E-state index in [0.717, 1.165) is 31.4 Å². The van der Waals surface area contributed by atoms with Gasteiger partial charge >= 0.3 is 0 Å². The summed E-state index contributed by atoms with van der Waals surface area (Å²) < 4.78 is 37.3. The predicted octanol–water partition coefficient (Wildman–Crippen LogP) is 4.00. The zero-order valence-corrected chi connectivity index (χ0v) is 23.3. The summed E-state index contributed by atoms with van der Waals surface area (Å²) in [6.45, 7) is 4.87. The Morgan fingerprint density at radius 3 is 2.68 bits per heavy atom. The van der Waals surface area contributed by atoms with E-state index in [1.165, 1.54) is 29.6 Å². The van der Waals surface area contributed by atoms with Gasteiger partial charge in [-0.2, -0.15) is 0 Å². The number of anilines is 2. The number of rotatable bonds is 13. The van der Waals surface area contributed by atoms with Crippen LogP contribution < -0.4 is 14.9 Å². The quantitative estimate of drug-likeness (QED) is 0.404. The average molecular weight is 531 g/mol. The highest BCUT2D eigenvalue weighted by Gasteiger charge is 2.39. The summed E-state index contributed by atoms with van der Waals surface area (Å²) in [7, 11) is -0.198. The Bertz CT molecular complexity index is 1110. The summed E-state index contributed by atoms with van der Waals surface area (Å²) in [5, 5.41) is 7.22. The number of nitrogens with one attached hydrogen (secondary N) is 2. The lowest BCUT2D eigenvalue weighted by atomic mass is 9.85. The Hall–Kier alpha value is -2.20. The Kier molecular flexibility index (Phi) is 9.45. The Balaban J connectivity index is 1.48. The van der Waals surface area contributed by atoms with Gasteiger partial charge in [-0.25, -0.2) is 13.4 Å². The van der Waals surface area contributed by atoms with Crippen LogP contribution in [0.3, 0.4) is 0 Å². The van der Waals surface area contributed by atoms with Gasteiger partial charge in [0.1, 0.15) is 11.6 Å². The van der Waals surface area contributed by atoms with Gasteiger partial charge in [0.05, 0.1) is 19.5 Å². The normalized spacial score (nSPS) is 24.4. The minimum absolute atomic E-state index is 0.230. The van der Waals surface area contributed by atoms with Crippen LogP contribution in [0.1, 0.15) is 49.7 Å². The maximum Gasteiger partial charge on any atom is 0.233 e. The fraction of sp³-hybridized carbons (Fsp3) is 0.607. The summed E-state index contributed by atoms with van der Waals surface area (Å²) in [5.41, 5.74) is 2.23. The van der Waals surface area contributed by atoms with Crippen molar-refractivity contribution in [2.45, 2.75) is 57.2 Å². The van der Waals surface area contributed by atoms with Crippen molar-refractivity contribution in [2.75, 3.05) is 49.8 Å². The largest absolute Gasteiger partial charge is 0.385 e. The highest BCUT2D eigenvalue weighted by atomic mass is 32.2. The minimum Gasteiger partial charge on any atom is -0.385 e. The van der Waals surface area contributed by atoms with E-state index in [1.807, 2.05) is 6.07 Å². The first kappa shape index (κ1) is 27.8. The molecule has 5 atom stereocenters. The van der Waals surface area contributed by atoms with Gasteiger partial charge in [0.2, 0.25) is 10.0 Å². The smallest absolute Gasteiger partial charge is 0.233 e. The van der Waals surface area contributed by atoms with Crippen LogP contribution in [0.4, 0.5) is 11.6 Å². The number of aromatic nitrogens is 1. The molecule has 2 fully saturated rings. The van der Waals surface area contributed by atoms with Crippen molar-refractivity contribution in [1.29, 1.82) is 0 Å². The molecule has 2 aromatic rings. The molecule has 1 saturated carbocycles. The van der Waals surface area contributed by atoms with E-state index in [4.69, 9.17) is 9.47 Å². The number of pyridine rings is 1. The van der Waals surface area contributed by atoms with Gasteiger partial charge in [0, 0.05) is 38.8 Å². The van der Waals surface area contributed by atoms with Crippen molar-refractivity contribution in [3.63, 3.8) is 0 Å². The molecular weight excluding hydrogens is 488 g/mol. The average Bonchev–Trinajstić information content (AvgIpc) is 3.62. The molecule has 2 N–H and O–H groups in total. The number of methoxy groups -OCH3 is 1. The Labute approximate surface area is 222 Å². The van der Waals surface area contributed by atoms with Crippen LogP contribution in [0.2, 0.25) is 0 Å². The lowest BCUT2D eigenvalue weighted by Crippen LogP contribution is -2.43. The summed E-state index contributed by atoms with van der Waals surface area (Å²) in [4.78, 5) is 4.66. The number of piperidine rings is 1. The molecule has 204 valence electrons. The molecule has 0 radical (unpaired) electrons. The maximum atomic E-state index is 12.3. The summed E-state index contributed by atoms with van der Waals surface area (Å²) in [6, 6.07) is 14.9. The number of benzene rings is 1. The first-order chi connectivity index (χ1) is 17.8. The monoisotopic (exact) mass is 530 g/mol. The molecule has 4 rings (SSSR count). The third kappa shape index (κ3) is 7.66. The van der Waals surface area contributed by atoms with Gasteiger partial charge in [-0.15, -0.1) is 0 Å². The molecule has 2 aliphatic rings. The molecule has 37 heavy (non-hydrogen) atoms. The van der Waals surface area contributed by atoms with Gasteiger partial charge in [0.25, 0.3) is 0 Å². The molecule has 1 aromatic carbocycles. The molecule has 0 amide bonds. The van der Waals surface area contributed by atoms with Gasteiger partial charge < -0.3 is 20.1 Å². The molecule has 1 aromatic heterocycles. The van der Waals surface area contributed by atoms with Crippen molar-refractivity contribution in [3.8, 4) is 0 Å². The number of hydrogen-bond donors (Lipinski definition) is 2. The fourth-order valence-electron chi connectivity index (χ4n) is 5.33. The zero-order valence-electron chi connectivity index (χ0n) is 22.5. The second-order valence-corrected chi connectivity index (χ2v) is 12.6. The van der Waals surface area contributed by atoms with Crippen LogP contribution in [0, 0.1) is 11.8 Å². The molecule has 1 aliphatic carbocycles. The van der Waals surface area contributed by atoms with E-state index in [9.17, 15) is 8.42 Å². The summed E-state index contributed by atoms with van der Waals surface area (Å²) >= 11 is 0. The Morgan fingerprint density at radius 1 is 1.24 bits per heavy atom. The van der Waals surface area contributed by atoms with Crippen LogP contribution >= 0.6 is 0 Å². The van der Waals surface area contributed by atoms with E-state index in [0.29, 0.717) is 49.2 Å².